The van der Waals surface area contributed by atoms with E-state index in [0.717, 1.165) is 19.0 Å². The minimum absolute atomic E-state index is 0.410. The van der Waals surface area contributed by atoms with Crippen LogP contribution in [0.1, 0.15) is 33.1 Å². The van der Waals surface area contributed by atoms with Gasteiger partial charge in [-0.15, -0.1) is 0 Å². The normalized spacial score (nSPS) is 37.5. The molecule has 0 aliphatic carbocycles. The fourth-order valence-corrected chi connectivity index (χ4v) is 3.00. The Kier molecular flexibility index (Phi) is 4.62. The average molecular weight is 226 g/mol. The van der Waals surface area contributed by atoms with Crippen molar-refractivity contribution >= 4 is 0 Å². The third-order valence-electron chi connectivity index (χ3n) is 3.75. The summed E-state index contributed by atoms with van der Waals surface area (Å²) in [5.41, 5.74) is 0. The minimum Gasteiger partial charge on any atom is -0.373 e. The molecule has 0 aromatic heterocycles. The van der Waals surface area contributed by atoms with Gasteiger partial charge in [0.25, 0.3) is 0 Å². The minimum atomic E-state index is 0.410. The predicted octanol–water partition coefficient (Wildman–Crippen LogP) is 1.49. The van der Waals surface area contributed by atoms with Crippen LogP contribution >= 0.6 is 0 Å². The molecule has 2 rings (SSSR count). The Balaban J connectivity index is 1.68. The summed E-state index contributed by atoms with van der Waals surface area (Å²) in [5, 5.41) is 3.50. The second kappa shape index (κ2) is 5.99. The Bertz CT molecular complexity index is 194. The highest BCUT2D eigenvalue weighted by atomic mass is 16.5. The van der Waals surface area contributed by atoms with Gasteiger partial charge in [-0.25, -0.2) is 0 Å². The van der Waals surface area contributed by atoms with Gasteiger partial charge in [0, 0.05) is 13.1 Å². The third-order valence-corrected chi connectivity index (χ3v) is 3.75. The Morgan fingerprint density at radius 2 is 2.00 bits per heavy atom. The molecule has 94 valence electrons. The molecule has 16 heavy (non-hydrogen) atoms. The SMILES string of the molecule is CC1CN(CCC2CCCNC2)CC(C)O1. The molecule has 0 saturated carbocycles. The summed E-state index contributed by atoms with van der Waals surface area (Å²) < 4.78 is 5.75. The molecule has 0 aromatic rings. The average Bonchev–Trinajstić information content (AvgIpc) is 2.27. The van der Waals surface area contributed by atoms with Crippen molar-refractivity contribution in [2.45, 2.75) is 45.3 Å². The molecule has 2 fully saturated rings. The number of morpholine rings is 1. The molecule has 2 aliphatic heterocycles. The first-order chi connectivity index (χ1) is 7.74. The second-order valence-corrected chi connectivity index (χ2v) is 5.52. The molecule has 3 nitrogen and oxygen atoms in total. The van der Waals surface area contributed by atoms with Crippen molar-refractivity contribution in [2.24, 2.45) is 5.92 Å². The van der Waals surface area contributed by atoms with E-state index in [9.17, 15) is 0 Å². The number of nitrogens with zero attached hydrogens (tertiary/aromatic N) is 1. The highest BCUT2D eigenvalue weighted by Gasteiger charge is 2.22. The van der Waals surface area contributed by atoms with Gasteiger partial charge in [0.15, 0.2) is 0 Å². The van der Waals surface area contributed by atoms with Crippen LogP contribution in [0.2, 0.25) is 0 Å². The van der Waals surface area contributed by atoms with Crippen molar-refractivity contribution in [2.75, 3.05) is 32.7 Å². The molecule has 3 atom stereocenters. The van der Waals surface area contributed by atoms with Crippen LogP contribution in [0.3, 0.4) is 0 Å². The Hall–Kier alpha value is -0.120. The van der Waals surface area contributed by atoms with Gasteiger partial charge in [-0.05, 0) is 58.7 Å². The molecule has 3 unspecified atom stereocenters. The van der Waals surface area contributed by atoms with Gasteiger partial charge in [-0.1, -0.05) is 0 Å². The summed E-state index contributed by atoms with van der Waals surface area (Å²) in [4.78, 5) is 2.58. The Morgan fingerprint density at radius 3 is 2.62 bits per heavy atom. The van der Waals surface area contributed by atoms with E-state index in [1.165, 1.54) is 38.9 Å². The van der Waals surface area contributed by atoms with Crippen LogP contribution in [0.25, 0.3) is 0 Å². The van der Waals surface area contributed by atoms with Gasteiger partial charge < -0.3 is 10.1 Å². The first-order valence-electron chi connectivity index (χ1n) is 6.82. The van der Waals surface area contributed by atoms with E-state index in [0.29, 0.717) is 12.2 Å². The van der Waals surface area contributed by atoms with E-state index < -0.39 is 0 Å². The molecule has 3 heteroatoms. The molecule has 0 spiro atoms. The zero-order valence-corrected chi connectivity index (χ0v) is 10.7. The highest BCUT2D eigenvalue weighted by Crippen LogP contribution is 2.17. The summed E-state index contributed by atoms with van der Waals surface area (Å²) >= 11 is 0. The van der Waals surface area contributed by atoms with Gasteiger partial charge >= 0.3 is 0 Å². The maximum absolute atomic E-state index is 5.75. The molecule has 0 bridgehead atoms. The molecule has 2 aliphatic rings. The number of hydrogen-bond donors (Lipinski definition) is 1. The summed E-state index contributed by atoms with van der Waals surface area (Å²) in [6, 6.07) is 0. The zero-order valence-electron chi connectivity index (χ0n) is 10.7. The summed E-state index contributed by atoms with van der Waals surface area (Å²) in [6.45, 7) is 10.3. The van der Waals surface area contributed by atoms with Crippen molar-refractivity contribution in [3.8, 4) is 0 Å². The van der Waals surface area contributed by atoms with Crippen LogP contribution in [0.15, 0.2) is 0 Å². The number of piperidine rings is 1. The van der Waals surface area contributed by atoms with Gasteiger partial charge in [-0.3, -0.25) is 4.90 Å². The molecule has 0 radical (unpaired) electrons. The van der Waals surface area contributed by atoms with Crippen LogP contribution in [0.4, 0.5) is 0 Å². The number of nitrogens with one attached hydrogen (secondary N) is 1. The lowest BCUT2D eigenvalue weighted by molar-refractivity contribution is -0.0690. The molecule has 2 saturated heterocycles. The van der Waals surface area contributed by atoms with E-state index in [4.69, 9.17) is 4.74 Å². The monoisotopic (exact) mass is 226 g/mol. The maximum Gasteiger partial charge on any atom is 0.0678 e. The molecule has 2 heterocycles. The molecule has 0 aromatic carbocycles. The van der Waals surface area contributed by atoms with Crippen molar-refractivity contribution in [3.05, 3.63) is 0 Å². The zero-order chi connectivity index (χ0) is 11.4. The molecule has 0 amide bonds. The lowest BCUT2D eigenvalue weighted by atomic mass is 9.96. The molecule has 1 N–H and O–H groups in total. The van der Waals surface area contributed by atoms with Gasteiger partial charge in [-0.2, -0.15) is 0 Å². The van der Waals surface area contributed by atoms with E-state index in [1.54, 1.807) is 0 Å². The van der Waals surface area contributed by atoms with Crippen molar-refractivity contribution in [1.82, 2.24) is 10.2 Å². The fourth-order valence-electron chi connectivity index (χ4n) is 3.00. The van der Waals surface area contributed by atoms with Gasteiger partial charge in [0.2, 0.25) is 0 Å². The Labute approximate surface area is 99.5 Å². The summed E-state index contributed by atoms with van der Waals surface area (Å²) in [7, 11) is 0. The smallest absolute Gasteiger partial charge is 0.0678 e. The number of ether oxygens (including phenoxy) is 1. The quantitative estimate of drug-likeness (QED) is 0.789. The lowest BCUT2D eigenvalue weighted by Gasteiger charge is -2.36. The van der Waals surface area contributed by atoms with Crippen LogP contribution in [-0.2, 0) is 4.74 Å². The first kappa shape index (κ1) is 12.3. The van der Waals surface area contributed by atoms with E-state index >= 15 is 0 Å². The third kappa shape index (κ3) is 3.72. The molecular weight excluding hydrogens is 200 g/mol. The van der Waals surface area contributed by atoms with E-state index in [1.807, 2.05) is 0 Å². The maximum atomic E-state index is 5.75. The number of rotatable bonds is 3. The van der Waals surface area contributed by atoms with Crippen LogP contribution in [0, 0.1) is 5.92 Å². The van der Waals surface area contributed by atoms with Crippen molar-refractivity contribution < 1.29 is 4.74 Å². The van der Waals surface area contributed by atoms with E-state index in [2.05, 4.69) is 24.1 Å². The highest BCUT2D eigenvalue weighted by molar-refractivity contribution is 4.76. The van der Waals surface area contributed by atoms with Crippen LogP contribution in [0.5, 0.6) is 0 Å². The summed E-state index contributed by atoms with van der Waals surface area (Å²) in [5.74, 6) is 0.905. The first-order valence-corrected chi connectivity index (χ1v) is 6.82. The van der Waals surface area contributed by atoms with E-state index in [-0.39, 0.29) is 0 Å². The summed E-state index contributed by atoms with van der Waals surface area (Å²) in [6.07, 6.45) is 4.96. The second-order valence-electron chi connectivity index (χ2n) is 5.52. The van der Waals surface area contributed by atoms with Gasteiger partial charge in [0.05, 0.1) is 12.2 Å². The predicted molar refractivity (Wildman–Crippen MR) is 66.7 cm³/mol. The Morgan fingerprint density at radius 1 is 1.25 bits per heavy atom. The topological polar surface area (TPSA) is 24.5 Å². The number of hydrogen-bond acceptors (Lipinski definition) is 3. The molecular formula is C13H26N2O. The fraction of sp³-hybridized carbons (Fsp3) is 1.00. The van der Waals surface area contributed by atoms with Crippen molar-refractivity contribution in [1.29, 1.82) is 0 Å². The van der Waals surface area contributed by atoms with Crippen molar-refractivity contribution in [3.63, 3.8) is 0 Å². The lowest BCUT2D eigenvalue weighted by Crippen LogP contribution is -2.46. The standard InChI is InChI=1S/C13H26N2O/c1-11-9-15(10-12(2)16-11)7-5-13-4-3-6-14-8-13/h11-14H,3-10H2,1-2H3. The van der Waals surface area contributed by atoms with Gasteiger partial charge in [0.1, 0.15) is 0 Å². The van der Waals surface area contributed by atoms with Crippen LogP contribution in [-0.4, -0.2) is 49.8 Å². The van der Waals surface area contributed by atoms with Crippen LogP contribution < -0.4 is 5.32 Å². The largest absolute Gasteiger partial charge is 0.373 e.